The molecule has 2 N–H and O–H groups in total. The molecule has 2 aliphatic heterocycles. The molecule has 15 heavy (non-hydrogen) atoms. The maximum absolute atomic E-state index is 11.5. The summed E-state index contributed by atoms with van der Waals surface area (Å²) in [5, 5.41) is 9.14. The van der Waals surface area contributed by atoms with E-state index in [1.54, 1.807) is 12.3 Å². The van der Waals surface area contributed by atoms with Gasteiger partial charge in [0.25, 0.3) is 0 Å². The zero-order chi connectivity index (χ0) is 10.7. The average molecular weight is 203 g/mol. The smallest absolute Gasteiger partial charge is 0.233 e. The lowest BCUT2D eigenvalue weighted by Crippen LogP contribution is -2.39. The number of rotatable bonds is 1. The van der Waals surface area contributed by atoms with Crippen molar-refractivity contribution in [3.8, 4) is 0 Å². The van der Waals surface area contributed by atoms with E-state index >= 15 is 0 Å². The van der Waals surface area contributed by atoms with Crippen LogP contribution in [0.2, 0.25) is 0 Å². The van der Waals surface area contributed by atoms with E-state index in [0.717, 1.165) is 11.4 Å². The van der Waals surface area contributed by atoms with E-state index in [1.165, 1.54) is 0 Å². The molecule has 0 saturated carbocycles. The Kier molecular flexibility index (Phi) is 2.43. The van der Waals surface area contributed by atoms with Crippen molar-refractivity contribution in [3.05, 3.63) is 46.3 Å². The number of azide groups is 1. The quantitative estimate of drug-likeness (QED) is 0.379. The highest BCUT2D eigenvalue weighted by Gasteiger charge is 2.26. The molecular formula is C9H9N5O. The maximum atomic E-state index is 11.5. The first-order valence-corrected chi connectivity index (χ1v) is 4.49. The highest BCUT2D eigenvalue weighted by Crippen LogP contribution is 2.18. The molecular weight excluding hydrogens is 194 g/mol. The van der Waals surface area contributed by atoms with Crippen molar-refractivity contribution >= 4 is 5.91 Å². The summed E-state index contributed by atoms with van der Waals surface area (Å²) in [5.74, 6) is -0.264. The molecule has 0 bridgehead atoms. The van der Waals surface area contributed by atoms with E-state index in [1.807, 2.05) is 12.2 Å². The molecule has 0 aromatic rings. The van der Waals surface area contributed by atoms with Crippen molar-refractivity contribution in [3.63, 3.8) is 0 Å². The van der Waals surface area contributed by atoms with Crippen LogP contribution in [0.3, 0.4) is 0 Å². The van der Waals surface area contributed by atoms with Crippen LogP contribution in [0, 0.1) is 0 Å². The van der Waals surface area contributed by atoms with Gasteiger partial charge in [-0.25, -0.2) is 0 Å². The van der Waals surface area contributed by atoms with Crippen LogP contribution < -0.4 is 10.6 Å². The predicted molar refractivity (Wildman–Crippen MR) is 54.1 cm³/mol. The minimum absolute atomic E-state index is 0.264. The molecule has 0 saturated heterocycles. The topological polar surface area (TPSA) is 89.9 Å². The van der Waals surface area contributed by atoms with E-state index in [9.17, 15) is 4.79 Å². The second-order valence-corrected chi connectivity index (χ2v) is 3.17. The van der Waals surface area contributed by atoms with Crippen LogP contribution in [0.15, 0.2) is 40.9 Å². The SMILES string of the molecule is [N-]=[N+]=NC1CC2=C(C=CC=CN2)NC1=O. The average Bonchev–Trinajstić information content (AvgIpc) is 2.44. The summed E-state index contributed by atoms with van der Waals surface area (Å²) in [6, 6.07) is -0.666. The Morgan fingerprint density at radius 3 is 3.20 bits per heavy atom. The van der Waals surface area contributed by atoms with E-state index in [-0.39, 0.29) is 5.91 Å². The zero-order valence-electron chi connectivity index (χ0n) is 7.84. The molecule has 0 aliphatic carbocycles. The Morgan fingerprint density at radius 1 is 1.53 bits per heavy atom. The molecule has 0 aromatic heterocycles. The van der Waals surface area contributed by atoms with Crippen LogP contribution >= 0.6 is 0 Å². The number of hydrogen-bond donors (Lipinski definition) is 2. The molecule has 1 atom stereocenters. The summed E-state index contributed by atoms with van der Waals surface area (Å²) in [7, 11) is 0. The number of nitrogens with zero attached hydrogens (tertiary/aromatic N) is 3. The molecule has 2 heterocycles. The lowest BCUT2D eigenvalue weighted by atomic mass is 10.1. The summed E-state index contributed by atoms with van der Waals surface area (Å²) in [6.07, 6.45) is 7.62. The van der Waals surface area contributed by atoms with E-state index in [2.05, 4.69) is 20.7 Å². The van der Waals surface area contributed by atoms with Gasteiger partial charge >= 0.3 is 0 Å². The van der Waals surface area contributed by atoms with Crippen LogP contribution in [0.5, 0.6) is 0 Å². The molecule has 2 rings (SSSR count). The van der Waals surface area contributed by atoms with Crippen LogP contribution in [-0.4, -0.2) is 11.9 Å². The van der Waals surface area contributed by atoms with Crippen LogP contribution in [0.4, 0.5) is 0 Å². The zero-order valence-corrected chi connectivity index (χ0v) is 7.84. The van der Waals surface area contributed by atoms with Gasteiger partial charge in [-0.2, -0.15) is 0 Å². The van der Waals surface area contributed by atoms with Crippen LogP contribution in [-0.2, 0) is 4.79 Å². The standard InChI is InChI=1S/C9H9N5O/c10-14-13-8-5-7-6(12-9(8)15)3-1-2-4-11-7/h1-4,8,11H,5H2,(H,12,15). The van der Waals surface area contributed by atoms with Gasteiger partial charge in [-0.15, -0.1) is 0 Å². The van der Waals surface area contributed by atoms with Gasteiger partial charge in [-0.3, -0.25) is 4.79 Å². The van der Waals surface area contributed by atoms with Crippen LogP contribution in [0.25, 0.3) is 10.4 Å². The fraction of sp³-hybridized carbons (Fsp3) is 0.222. The summed E-state index contributed by atoms with van der Waals surface area (Å²) in [4.78, 5) is 14.1. The molecule has 2 aliphatic rings. The minimum Gasteiger partial charge on any atom is -0.363 e. The van der Waals surface area contributed by atoms with Gasteiger partial charge in [0.1, 0.15) is 6.04 Å². The molecule has 0 spiro atoms. The molecule has 76 valence electrons. The minimum atomic E-state index is -0.666. The van der Waals surface area contributed by atoms with Crippen molar-refractivity contribution < 1.29 is 4.79 Å². The highest BCUT2D eigenvalue weighted by atomic mass is 16.2. The van der Waals surface area contributed by atoms with Gasteiger partial charge in [-0.05, 0) is 17.7 Å². The largest absolute Gasteiger partial charge is 0.363 e. The predicted octanol–water partition coefficient (Wildman–Crippen LogP) is 1.07. The molecule has 6 nitrogen and oxygen atoms in total. The Balaban J connectivity index is 2.28. The summed E-state index contributed by atoms with van der Waals surface area (Å²) < 4.78 is 0. The lowest BCUT2D eigenvalue weighted by molar-refractivity contribution is -0.122. The van der Waals surface area contributed by atoms with Crippen molar-refractivity contribution in [2.45, 2.75) is 12.5 Å². The third kappa shape index (κ3) is 1.84. The molecule has 1 amide bonds. The van der Waals surface area contributed by atoms with E-state index in [0.29, 0.717) is 6.42 Å². The van der Waals surface area contributed by atoms with E-state index < -0.39 is 6.04 Å². The summed E-state index contributed by atoms with van der Waals surface area (Å²) >= 11 is 0. The number of amides is 1. The Hall–Kier alpha value is -2.20. The fourth-order valence-electron chi connectivity index (χ4n) is 1.48. The Morgan fingerprint density at radius 2 is 2.40 bits per heavy atom. The molecule has 0 fully saturated rings. The number of carbonyl (C=O) groups is 1. The van der Waals surface area contributed by atoms with Crippen LogP contribution in [0.1, 0.15) is 6.42 Å². The molecule has 0 radical (unpaired) electrons. The van der Waals surface area contributed by atoms with Gasteiger partial charge in [-0.1, -0.05) is 11.2 Å². The summed E-state index contributed by atoms with van der Waals surface area (Å²) in [5.41, 5.74) is 9.89. The monoisotopic (exact) mass is 203 g/mol. The number of nitrogens with one attached hydrogen (secondary N) is 2. The van der Waals surface area contributed by atoms with Gasteiger partial charge in [0.2, 0.25) is 5.91 Å². The van der Waals surface area contributed by atoms with Gasteiger partial charge in [0, 0.05) is 23.2 Å². The number of carbonyl (C=O) groups excluding carboxylic acids is 1. The Bertz CT molecular complexity index is 428. The van der Waals surface area contributed by atoms with Crippen molar-refractivity contribution in [1.29, 1.82) is 0 Å². The van der Waals surface area contributed by atoms with Crippen molar-refractivity contribution in [2.75, 3.05) is 0 Å². The fourth-order valence-corrected chi connectivity index (χ4v) is 1.48. The van der Waals surface area contributed by atoms with E-state index in [4.69, 9.17) is 5.53 Å². The Labute approximate surface area is 86.0 Å². The molecule has 0 aromatic carbocycles. The number of allylic oxidation sites excluding steroid dienone is 3. The second kappa shape index (κ2) is 3.89. The number of hydrogen-bond acceptors (Lipinski definition) is 3. The van der Waals surface area contributed by atoms with Gasteiger partial charge in [0.05, 0.1) is 5.70 Å². The van der Waals surface area contributed by atoms with Gasteiger partial charge in [0.15, 0.2) is 0 Å². The van der Waals surface area contributed by atoms with Crippen molar-refractivity contribution in [2.24, 2.45) is 5.11 Å². The summed E-state index contributed by atoms with van der Waals surface area (Å²) in [6.45, 7) is 0. The third-order valence-electron chi connectivity index (χ3n) is 2.20. The lowest BCUT2D eigenvalue weighted by Gasteiger charge is -2.22. The van der Waals surface area contributed by atoms with Crippen molar-refractivity contribution in [1.82, 2.24) is 10.6 Å². The second-order valence-electron chi connectivity index (χ2n) is 3.17. The molecule has 6 heteroatoms. The highest BCUT2D eigenvalue weighted by molar-refractivity contribution is 5.86. The first kappa shape index (κ1) is 9.36. The normalized spacial score (nSPS) is 23.5. The molecule has 1 unspecified atom stereocenters. The maximum Gasteiger partial charge on any atom is 0.233 e. The first-order valence-electron chi connectivity index (χ1n) is 4.49. The van der Waals surface area contributed by atoms with Gasteiger partial charge < -0.3 is 10.6 Å². The first-order chi connectivity index (χ1) is 7.31. The third-order valence-corrected chi connectivity index (χ3v) is 2.20.